The van der Waals surface area contributed by atoms with Crippen LogP contribution in [0.1, 0.15) is 52.4 Å². The molecule has 0 aromatic rings. The molecular formula is C13H28N2O2S. The molecule has 0 aromatic carbocycles. The van der Waals surface area contributed by atoms with Gasteiger partial charge in [-0.05, 0) is 31.2 Å². The first-order valence-corrected chi connectivity index (χ1v) is 8.87. The van der Waals surface area contributed by atoms with Gasteiger partial charge in [0.05, 0.1) is 5.75 Å². The van der Waals surface area contributed by atoms with E-state index in [0.29, 0.717) is 12.5 Å². The highest BCUT2D eigenvalue weighted by Gasteiger charge is 2.28. The van der Waals surface area contributed by atoms with E-state index in [2.05, 4.69) is 4.72 Å². The molecule has 1 aliphatic carbocycles. The fraction of sp³-hybridized carbons (Fsp3) is 1.00. The first kappa shape index (κ1) is 15.9. The molecule has 3 N–H and O–H groups in total. The van der Waals surface area contributed by atoms with Crippen LogP contribution < -0.4 is 10.5 Å². The number of nitrogens with two attached hydrogens (primary N) is 1. The van der Waals surface area contributed by atoms with Crippen molar-refractivity contribution in [2.75, 3.05) is 12.3 Å². The largest absolute Gasteiger partial charge is 0.330 e. The molecule has 2 atom stereocenters. The molecule has 4 nitrogen and oxygen atoms in total. The molecule has 1 fully saturated rings. The van der Waals surface area contributed by atoms with Crippen LogP contribution in [0.25, 0.3) is 0 Å². The molecule has 0 radical (unpaired) electrons. The van der Waals surface area contributed by atoms with Crippen molar-refractivity contribution in [3.8, 4) is 0 Å². The van der Waals surface area contributed by atoms with Gasteiger partial charge >= 0.3 is 0 Å². The Morgan fingerprint density at radius 3 is 2.39 bits per heavy atom. The van der Waals surface area contributed by atoms with E-state index in [9.17, 15) is 8.42 Å². The molecular weight excluding hydrogens is 248 g/mol. The molecule has 0 heterocycles. The lowest BCUT2D eigenvalue weighted by atomic mass is 9.85. The molecule has 1 rings (SSSR count). The average molecular weight is 276 g/mol. The highest BCUT2D eigenvalue weighted by Crippen LogP contribution is 2.24. The lowest BCUT2D eigenvalue weighted by molar-refractivity contribution is 0.295. The summed E-state index contributed by atoms with van der Waals surface area (Å²) in [5.41, 5.74) is 5.73. The Kier molecular flexibility index (Phi) is 6.60. The van der Waals surface area contributed by atoms with Gasteiger partial charge in [0.2, 0.25) is 10.0 Å². The fourth-order valence-corrected chi connectivity index (χ4v) is 4.72. The van der Waals surface area contributed by atoms with Crippen molar-refractivity contribution in [3.05, 3.63) is 0 Å². The van der Waals surface area contributed by atoms with Gasteiger partial charge in [-0.1, -0.05) is 39.5 Å². The van der Waals surface area contributed by atoms with Crippen LogP contribution >= 0.6 is 0 Å². The molecule has 0 saturated heterocycles. The SMILES string of the molecule is CCC(CC)CS(=O)(=O)NC1CCCCC1CN. The van der Waals surface area contributed by atoms with Crippen LogP contribution in [0.4, 0.5) is 0 Å². The van der Waals surface area contributed by atoms with Gasteiger partial charge in [-0.25, -0.2) is 13.1 Å². The Bertz CT molecular complexity index is 326. The third-order valence-corrected chi connectivity index (χ3v) is 5.72. The van der Waals surface area contributed by atoms with Crippen LogP contribution in [-0.2, 0) is 10.0 Å². The minimum atomic E-state index is -3.15. The van der Waals surface area contributed by atoms with E-state index < -0.39 is 10.0 Å². The lowest BCUT2D eigenvalue weighted by Crippen LogP contribution is -2.46. The second kappa shape index (κ2) is 7.46. The van der Waals surface area contributed by atoms with E-state index in [1.165, 1.54) is 6.42 Å². The molecule has 0 amide bonds. The number of sulfonamides is 1. The smallest absolute Gasteiger partial charge is 0.212 e. The van der Waals surface area contributed by atoms with Crippen LogP contribution in [0, 0.1) is 11.8 Å². The zero-order valence-electron chi connectivity index (χ0n) is 11.7. The third kappa shape index (κ3) is 4.86. The normalized spacial score (nSPS) is 25.6. The van der Waals surface area contributed by atoms with Gasteiger partial charge in [0, 0.05) is 6.04 Å². The quantitative estimate of drug-likeness (QED) is 0.745. The van der Waals surface area contributed by atoms with Crippen molar-refractivity contribution >= 4 is 10.0 Å². The zero-order chi connectivity index (χ0) is 13.6. The van der Waals surface area contributed by atoms with Crippen molar-refractivity contribution in [1.29, 1.82) is 0 Å². The summed E-state index contributed by atoms with van der Waals surface area (Å²) >= 11 is 0. The van der Waals surface area contributed by atoms with Gasteiger partial charge in [-0.3, -0.25) is 0 Å². The summed E-state index contributed by atoms with van der Waals surface area (Å²) in [4.78, 5) is 0. The lowest BCUT2D eigenvalue weighted by Gasteiger charge is -2.31. The highest BCUT2D eigenvalue weighted by molar-refractivity contribution is 7.89. The van der Waals surface area contributed by atoms with Crippen LogP contribution in [0.2, 0.25) is 0 Å². The molecule has 0 aromatic heterocycles. The maximum Gasteiger partial charge on any atom is 0.212 e. The van der Waals surface area contributed by atoms with E-state index >= 15 is 0 Å². The Balaban J connectivity index is 2.57. The minimum absolute atomic E-state index is 0.0584. The van der Waals surface area contributed by atoms with Crippen molar-refractivity contribution in [2.24, 2.45) is 17.6 Å². The van der Waals surface area contributed by atoms with E-state index in [1.807, 2.05) is 13.8 Å². The molecule has 1 aliphatic rings. The Morgan fingerprint density at radius 1 is 1.22 bits per heavy atom. The standard InChI is InChI=1S/C13H28N2O2S/c1-3-11(4-2)10-18(16,17)15-13-8-6-5-7-12(13)9-14/h11-13,15H,3-10,14H2,1-2H3. The summed E-state index contributed by atoms with van der Waals surface area (Å²) < 4.78 is 27.2. The molecule has 5 heteroatoms. The minimum Gasteiger partial charge on any atom is -0.330 e. The summed E-state index contributed by atoms with van der Waals surface area (Å²) in [6.07, 6.45) is 6.10. The Morgan fingerprint density at radius 2 is 1.83 bits per heavy atom. The maximum atomic E-state index is 12.1. The number of hydrogen-bond donors (Lipinski definition) is 2. The van der Waals surface area contributed by atoms with E-state index in [4.69, 9.17) is 5.73 Å². The third-order valence-electron chi connectivity index (χ3n) is 4.15. The topological polar surface area (TPSA) is 72.2 Å². The predicted octanol–water partition coefficient (Wildman–Crippen LogP) is 1.86. The summed E-state index contributed by atoms with van der Waals surface area (Å²) in [6.45, 7) is 4.68. The van der Waals surface area contributed by atoms with Crippen molar-refractivity contribution in [3.63, 3.8) is 0 Å². The first-order chi connectivity index (χ1) is 8.52. The summed E-state index contributed by atoms with van der Waals surface area (Å²) in [7, 11) is -3.15. The summed E-state index contributed by atoms with van der Waals surface area (Å²) in [5.74, 6) is 0.839. The van der Waals surface area contributed by atoms with Gasteiger partial charge in [-0.2, -0.15) is 0 Å². The Labute approximate surface area is 112 Å². The maximum absolute atomic E-state index is 12.1. The number of nitrogens with one attached hydrogen (secondary N) is 1. The number of hydrogen-bond acceptors (Lipinski definition) is 3. The van der Waals surface area contributed by atoms with E-state index in [0.717, 1.165) is 32.1 Å². The Hall–Kier alpha value is -0.130. The molecule has 0 bridgehead atoms. The average Bonchev–Trinajstić information content (AvgIpc) is 2.36. The van der Waals surface area contributed by atoms with Crippen molar-refractivity contribution in [1.82, 2.24) is 4.72 Å². The second-order valence-corrected chi connectivity index (χ2v) is 7.27. The summed E-state index contributed by atoms with van der Waals surface area (Å²) in [5, 5.41) is 0. The van der Waals surface area contributed by atoms with Gasteiger partial charge in [0.25, 0.3) is 0 Å². The molecule has 1 saturated carbocycles. The van der Waals surface area contributed by atoms with Crippen LogP contribution in [0.3, 0.4) is 0 Å². The predicted molar refractivity (Wildman–Crippen MR) is 75.8 cm³/mol. The fourth-order valence-electron chi connectivity index (χ4n) is 2.76. The molecule has 2 unspecified atom stereocenters. The zero-order valence-corrected chi connectivity index (χ0v) is 12.5. The van der Waals surface area contributed by atoms with Crippen LogP contribution in [-0.4, -0.2) is 26.8 Å². The number of rotatable bonds is 7. The van der Waals surface area contributed by atoms with Crippen LogP contribution in [0.15, 0.2) is 0 Å². The van der Waals surface area contributed by atoms with Crippen molar-refractivity contribution < 1.29 is 8.42 Å². The van der Waals surface area contributed by atoms with Crippen molar-refractivity contribution in [2.45, 2.75) is 58.4 Å². The molecule has 0 spiro atoms. The molecule has 18 heavy (non-hydrogen) atoms. The highest BCUT2D eigenvalue weighted by atomic mass is 32.2. The van der Waals surface area contributed by atoms with Crippen LogP contribution in [0.5, 0.6) is 0 Å². The molecule has 108 valence electrons. The molecule has 0 aliphatic heterocycles. The van der Waals surface area contributed by atoms with Gasteiger partial charge in [0.15, 0.2) is 0 Å². The first-order valence-electron chi connectivity index (χ1n) is 7.22. The monoisotopic (exact) mass is 276 g/mol. The van der Waals surface area contributed by atoms with Gasteiger partial charge in [-0.15, -0.1) is 0 Å². The van der Waals surface area contributed by atoms with Gasteiger partial charge < -0.3 is 5.73 Å². The van der Waals surface area contributed by atoms with E-state index in [-0.39, 0.29) is 17.7 Å². The second-order valence-electron chi connectivity index (χ2n) is 5.47. The van der Waals surface area contributed by atoms with Gasteiger partial charge in [0.1, 0.15) is 0 Å². The van der Waals surface area contributed by atoms with E-state index in [1.54, 1.807) is 0 Å². The summed E-state index contributed by atoms with van der Waals surface area (Å²) in [6, 6.07) is 0.0584.